The molecule has 0 spiro atoms. The van der Waals surface area contributed by atoms with Gasteiger partial charge in [0.25, 0.3) is 0 Å². The van der Waals surface area contributed by atoms with E-state index in [1.165, 1.54) is 17.3 Å². The van der Waals surface area contributed by atoms with Crippen molar-refractivity contribution in [3.05, 3.63) is 72.6 Å². The van der Waals surface area contributed by atoms with E-state index in [9.17, 15) is 4.79 Å². The van der Waals surface area contributed by atoms with E-state index < -0.39 is 0 Å². The number of rotatable bonds is 9. The molecular formula is C22H25N5OS. The number of nitrogens with zero attached hydrogens (tertiary/aromatic N) is 4. The van der Waals surface area contributed by atoms with Crippen molar-refractivity contribution in [1.82, 2.24) is 25.1 Å². The minimum atomic E-state index is -0.0487. The number of aromatic nitrogens is 4. The molecular weight excluding hydrogens is 382 g/mol. The predicted octanol–water partition coefficient (Wildman–Crippen LogP) is 4.06. The van der Waals surface area contributed by atoms with E-state index >= 15 is 0 Å². The standard InChI is InChI=1S/C22H25N5OS/c1-4-14-27-21(19-10-12-23-13-11-19)25-26-22(27)29-15-20(28)24-16(3)18-8-6-17(5-2)7-9-18/h4,6-13,16H,1,5,14-15H2,2-3H3,(H,24,28)/t16-/m0/s1. The van der Waals surface area contributed by atoms with E-state index in [1.807, 2.05) is 23.6 Å². The second kappa shape index (κ2) is 10.0. The molecule has 0 aliphatic carbocycles. The number of hydrogen-bond donors (Lipinski definition) is 1. The third kappa shape index (κ3) is 5.32. The van der Waals surface area contributed by atoms with E-state index in [1.54, 1.807) is 18.5 Å². The average Bonchev–Trinajstić information content (AvgIpc) is 3.16. The Labute approximate surface area is 175 Å². The molecule has 0 unspecified atom stereocenters. The molecule has 0 bridgehead atoms. The van der Waals surface area contributed by atoms with Gasteiger partial charge in [0.15, 0.2) is 11.0 Å². The fourth-order valence-electron chi connectivity index (χ4n) is 2.94. The molecule has 3 rings (SSSR count). The maximum absolute atomic E-state index is 12.5. The Hall–Kier alpha value is -2.93. The molecule has 0 saturated carbocycles. The third-order valence-corrected chi connectivity index (χ3v) is 5.53. The van der Waals surface area contributed by atoms with Gasteiger partial charge in [0.2, 0.25) is 5.91 Å². The second-order valence-electron chi connectivity index (χ2n) is 6.61. The van der Waals surface area contributed by atoms with Crippen LogP contribution in [0.1, 0.15) is 31.0 Å². The first kappa shape index (κ1) is 20.8. The van der Waals surface area contributed by atoms with Crippen LogP contribution in [0.5, 0.6) is 0 Å². The van der Waals surface area contributed by atoms with Crippen LogP contribution in [0.4, 0.5) is 0 Å². The number of carbonyl (C=O) groups is 1. The summed E-state index contributed by atoms with van der Waals surface area (Å²) in [5.41, 5.74) is 3.31. The van der Waals surface area contributed by atoms with Gasteiger partial charge >= 0.3 is 0 Å². The number of amides is 1. The van der Waals surface area contributed by atoms with E-state index in [-0.39, 0.29) is 17.7 Å². The average molecular weight is 408 g/mol. The van der Waals surface area contributed by atoms with Crippen LogP contribution >= 0.6 is 11.8 Å². The zero-order valence-corrected chi connectivity index (χ0v) is 17.5. The molecule has 1 amide bonds. The summed E-state index contributed by atoms with van der Waals surface area (Å²) in [5, 5.41) is 12.3. The van der Waals surface area contributed by atoms with Gasteiger partial charge in [-0.2, -0.15) is 0 Å². The zero-order chi connectivity index (χ0) is 20.6. The summed E-state index contributed by atoms with van der Waals surface area (Å²) in [7, 11) is 0. The Kier molecular flexibility index (Phi) is 7.19. The van der Waals surface area contributed by atoms with Crippen molar-refractivity contribution in [1.29, 1.82) is 0 Å². The number of benzene rings is 1. The maximum Gasteiger partial charge on any atom is 0.230 e. The molecule has 0 fully saturated rings. The number of pyridine rings is 1. The van der Waals surface area contributed by atoms with Gasteiger partial charge in [0, 0.05) is 24.5 Å². The van der Waals surface area contributed by atoms with Crippen molar-refractivity contribution in [3.63, 3.8) is 0 Å². The summed E-state index contributed by atoms with van der Waals surface area (Å²) in [6, 6.07) is 12.1. The molecule has 2 aromatic heterocycles. The lowest BCUT2D eigenvalue weighted by Crippen LogP contribution is -2.28. The molecule has 0 aliphatic heterocycles. The van der Waals surface area contributed by atoms with E-state index in [0.717, 1.165) is 23.4 Å². The van der Waals surface area contributed by atoms with Gasteiger partial charge in [-0.15, -0.1) is 16.8 Å². The molecule has 0 aliphatic rings. The molecule has 3 aromatic rings. The van der Waals surface area contributed by atoms with Gasteiger partial charge in [-0.05, 0) is 36.6 Å². The molecule has 29 heavy (non-hydrogen) atoms. The van der Waals surface area contributed by atoms with E-state index in [4.69, 9.17) is 0 Å². The molecule has 0 radical (unpaired) electrons. The Bertz CT molecular complexity index is 953. The van der Waals surface area contributed by atoms with Crippen LogP contribution in [0, 0.1) is 0 Å². The first-order valence-electron chi connectivity index (χ1n) is 9.57. The maximum atomic E-state index is 12.5. The van der Waals surface area contributed by atoms with Crippen LogP contribution in [0.25, 0.3) is 11.4 Å². The summed E-state index contributed by atoms with van der Waals surface area (Å²) in [6.07, 6.45) is 6.23. The van der Waals surface area contributed by atoms with E-state index in [0.29, 0.717) is 11.7 Å². The normalized spacial score (nSPS) is 11.8. The minimum absolute atomic E-state index is 0.0410. The smallest absolute Gasteiger partial charge is 0.230 e. The van der Waals surface area contributed by atoms with Gasteiger partial charge in [-0.1, -0.05) is 49.0 Å². The predicted molar refractivity (Wildman–Crippen MR) is 117 cm³/mol. The van der Waals surface area contributed by atoms with Gasteiger partial charge in [-0.25, -0.2) is 0 Å². The lowest BCUT2D eigenvalue weighted by Gasteiger charge is -2.15. The first-order valence-corrected chi connectivity index (χ1v) is 10.6. The molecule has 150 valence electrons. The molecule has 0 saturated heterocycles. The lowest BCUT2D eigenvalue weighted by atomic mass is 10.1. The fourth-order valence-corrected chi connectivity index (χ4v) is 3.70. The second-order valence-corrected chi connectivity index (χ2v) is 7.56. The molecule has 6 nitrogen and oxygen atoms in total. The zero-order valence-electron chi connectivity index (χ0n) is 16.7. The van der Waals surface area contributed by atoms with Crippen LogP contribution in [-0.4, -0.2) is 31.4 Å². The van der Waals surface area contributed by atoms with Crippen LogP contribution in [0.3, 0.4) is 0 Å². The highest BCUT2D eigenvalue weighted by atomic mass is 32.2. The molecule has 1 aromatic carbocycles. The summed E-state index contributed by atoms with van der Waals surface area (Å²) in [5.74, 6) is 0.962. The van der Waals surface area contributed by atoms with Crippen molar-refractivity contribution >= 4 is 17.7 Å². The minimum Gasteiger partial charge on any atom is -0.349 e. The van der Waals surface area contributed by atoms with Gasteiger partial charge in [0.1, 0.15) is 0 Å². The van der Waals surface area contributed by atoms with Crippen molar-refractivity contribution in [2.45, 2.75) is 38.0 Å². The van der Waals surface area contributed by atoms with Crippen LogP contribution in [0.15, 0.2) is 66.6 Å². The summed E-state index contributed by atoms with van der Waals surface area (Å²) in [4.78, 5) is 16.5. The highest BCUT2D eigenvalue weighted by molar-refractivity contribution is 7.99. The third-order valence-electron chi connectivity index (χ3n) is 4.56. The lowest BCUT2D eigenvalue weighted by molar-refractivity contribution is -0.119. The number of hydrogen-bond acceptors (Lipinski definition) is 5. The van der Waals surface area contributed by atoms with Crippen molar-refractivity contribution in [2.75, 3.05) is 5.75 Å². The van der Waals surface area contributed by atoms with Gasteiger partial charge < -0.3 is 5.32 Å². The number of thioether (sulfide) groups is 1. The van der Waals surface area contributed by atoms with Crippen LogP contribution < -0.4 is 5.32 Å². The molecule has 7 heteroatoms. The fraction of sp³-hybridized carbons (Fsp3) is 0.273. The van der Waals surface area contributed by atoms with Crippen molar-refractivity contribution in [2.24, 2.45) is 0 Å². The monoisotopic (exact) mass is 407 g/mol. The summed E-state index contributed by atoms with van der Waals surface area (Å²) in [6.45, 7) is 8.50. The van der Waals surface area contributed by atoms with Crippen LogP contribution in [0.2, 0.25) is 0 Å². The van der Waals surface area contributed by atoms with Crippen molar-refractivity contribution in [3.8, 4) is 11.4 Å². The van der Waals surface area contributed by atoms with E-state index in [2.05, 4.69) is 58.3 Å². The Morgan fingerprint density at radius 1 is 1.21 bits per heavy atom. The number of carbonyl (C=O) groups excluding carboxylic acids is 1. The summed E-state index contributed by atoms with van der Waals surface area (Å²) < 4.78 is 1.95. The number of allylic oxidation sites excluding steroid dienone is 1. The Morgan fingerprint density at radius 2 is 1.93 bits per heavy atom. The molecule has 2 heterocycles. The topological polar surface area (TPSA) is 72.7 Å². The Balaban J connectivity index is 1.63. The number of nitrogens with one attached hydrogen (secondary N) is 1. The quantitative estimate of drug-likeness (QED) is 0.428. The highest BCUT2D eigenvalue weighted by Gasteiger charge is 2.16. The first-order chi connectivity index (χ1) is 14.1. The Morgan fingerprint density at radius 3 is 2.59 bits per heavy atom. The highest BCUT2D eigenvalue weighted by Crippen LogP contribution is 2.24. The SMILES string of the molecule is C=CCn1c(SCC(=O)N[C@@H](C)c2ccc(CC)cc2)nnc1-c1ccncc1. The van der Waals surface area contributed by atoms with Crippen molar-refractivity contribution < 1.29 is 4.79 Å². The molecule has 1 atom stereocenters. The number of aryl methyl sites for hydroxylation is 1. The van der Waals surface area contributed by atoms with Crippen LogP contribution in [-0.2, 0) is 17.8 Å². The van der Waals surface area contributed by atoms with Gasteiger partial charge in [-0.3, -0.25) is 14.3 Å². The largest absolute Gasteiger partial charge is 0.349 e. The van der Waals surface area contributed by atoms with Gasteiger partial charge in [0.05, 0.1) is 11.8 Å². The molecule has 1 N–H and O–H groups in total. The summed E-state index contributed by atoms with van der Waals surface area (Å²) >= 11 is 1.37.